The van der Waals surface area contributed by atoms with Gasteiger partial charge in [0.1, 0.15) is 5.76 Å². The average Bonchev–Trinajstić information content (AvgIpc) is 2.87. The number of furan rings is 1. The molecule has 16 heavy (non-hydrogen) atoms. The lowest BCUT2D eigenvalue weighted by Gasteiger charge is -2.04. The molecule has 0 aliphatic heterocycles. The van der Waals surface area contributed by atoms with Crippen LogP contribution in [0.25, 0.3) is 0 Å². The number of nitrogens with zero attached hydrogens (tertiary/aromatic N) is 2. The molecule has 0 saturated heterocycles. The third-order valence-electron chi connectivity index (χ3n) is 2.30. The minimum Gasteiger partial charge on any atom is -0.467 e. The normalized spacial score (nSPS) is 11.2. The van der Waals surface area contributed by atoms with Crippen molar-refractivity contribution in [3.63, 3.8) is 0 Å². The first-order valence-electron chi connectivity index (χ1n) is 5.51. The van der Waals surface area contributed by atoms with Crippen LogP contribution >= 0.6 is 0 Å². The molecule has 0 amide bonds. The lowest BCUT2D eigenvalue weighted by atomic mass is 10.3. The minimum atomic E-state index is 0.490. The van der Waals surface area contributed by atoms with E-state index < -0.39 is 0 Å². The molecule has 0 bridgehead atoms. The Morgan fingerprint density at radius 1 is 1.50 bits per heavy atom. The number of nitrogens with one attached hydrogen (secondary N) is 1. The summed E-state index contributed by atoms with van der Waals surface area (Å²) in [6.07, 6.45) is 5.49. The zero-order valence-electron chi connectivity index (χ0n) is 9.68. The van der Waals surface area contributed by atoms with Crippen LogP contribution in [0.3, 0.4) is 0 Å². The van der Waals surface area contributed by atoms with Crippen molar-refractivity contribution in [3.05, 3.63) is 42.1 Å². The molecule has 2 rings (SSSR count). The Labute approximate surface area is 95.3 Å². The van der Waals surface area contributed by atoms with Crippen molar-refractivity contribution in [2.45, 2.75) is 33.0 Å². The molecule has 0 aromatic carbocycles. The molecule has 2 aromatic heterocycles. The van der Waals surface area contributed by atoms with E-state index in [1.165, 1.54) is 5.56 Å². The molecule has 1 N–H and O–H groups in total. The van der Waals surface area contributed by atoms with E-state index in [2.05, 4.69) is 30.3 Å². The molecule has 4 nitrogen and oxygen atoms in total. The Kier molecular flexibility index (Phi) is 3.41. The Morgan fingerprint density at radius 2 is 2.38 bits per heavy atom. The van der Waals surface area contributed by atoms with Gasteiger partial charge in [-0.05, 0) is 12.1 Å². The summed E-state index contributed by atoms with van der Waals surface area (Å²) in [7, 11) is 0. The topological polar surface area (TPSA) is 43.0 Å². The summed E-state index contributed by atoms with van der Waals surface area (Å²) in [5, 5.41) is 7.49. The maximum absolute atomic E-state index is 5.47. The summed E-state index contributed by atoms with van der Waals surface area (Å²) < 4.78 is 7.32. The van der Waals surface area contributed by atoms with Crippen LogP contribution in [0, 0.1) is 0 Å². The number of rotatable bonds is 5. The van der Waals surface area contributed by atoms with E-state index >= 15 is 0 Å². The first kappa shape index (κ1) is 11.0. The second-order valence-corrected chi connectivity index (χ2v) is 4.16. The molecule has 0 saturated carbocycles. The molecule has 2 aromatic rings. The number of hydrogen-bond acceptors (Lipinski definition) is 3. The molecule has 0 unspecified atom stereocenters. The van der Waals surface area contributed by atoms with Gasteiger partial charge in [0.05, 0.1) is 12.8 Å². The SMILES string of the molecule is CC(C)NCc1coc(Cn2cccn2)c1. The zero-order chi connectivity index (χ0) is 11.4. The first-order valence-corrected chi connectivity index (χ1v) is 5.51. The maximum Gasteiger partial charge on any atom is 0.125 e. The van der Waals surface area contributed by atoms with Crippen molar-refractivity contribution in [3.8, 4) is 0 Å². The largest absolute Gasteiger partial charge is 0.467 e. The van der Waals surface area contributed by atoms with Crippen LogP contribution in [-0.2, 0) is 13.1 Å². The number of hydrogen-bond donors (Lipinski definition) is 1. The fraction of sp³-hybridized carbons (Fsp3) is 0.417. The molecule has 0 radical (unpaired) electrons. The van der Waals surface area contributed by atoms with Gasteiger partial charge in [0.2, 0.25) is 0 Å². The second-order valence-electron chi connectivity index (χ2n) is 4.16. The number of aromatic nitrogens is 2. The lowest BCUT2D eigenvalue weighted by Crippen LogP contribution is -2.21. The molecule has 86 valence electrons. The van der Waals surface area contributed by atoms with Crippen LogP contribution in [0.5, 0.6) is 0 Å². The third-order valence-corrected chi connectivity index (χ3v) is 2.30. The molecule has 0 atom stereocenters. The van der Waals surface area contributed by atoms with Gasteiger partial charge in [-0.1, -0.05) is 13.8 Å². The van der Waals surface area contributed by atoms with E-state index in [4.69, 9.17) is 4.42 Å². The lowest BCUT2D eigenvalue weighted by molar-refractivity contribution is 0.477. The first-order chi connectivity index (χ1) is 7.74. The van der Waals surface area contributed by atoms with Crippen LogP contribution in [0.15, 0.2) is 35.2 Å². The van der Waals surface area contributed by atoms with E-state index in [1.54, 1.807) is 12.5 Å². The standard InChI is InChI=1S/C12H17N3O/c1-10(2)13-7-11-6-12(16-9-11)8-15-5-3-4-14-15/h3-6,9-10,13H,7-8H2,1-2H3. The van der Waals surface area contributed by atoms with Crippen molar-refractivity contribution in [1.29, 1.82) is 0 Å². The Bertz CT molecular complexity index is 417. The third kappa shape index (κ3) is 2.97. The summed E-state index contributed by atoms with van der Waals surface area (Å²) >= 11 is 0. The van der Waals surface area contributed by atoms with Crippen LogP contribution in [0.2, 0.25) is 0 Å². The van der Waals surface area contributed by atoms with Gasteiger partial charge in [0, 0.05) is 30.5 Å². The molecular formula is C12H17N3O. The highest BCUT2D eigenvalue weighted by atomic mass is 16.3. The Morgan fingerprint density at radius 3 is 3.06 bits per heavy atom. The zero-order valence-corrected chi connectivity index (χ0v) is 9.68. The predicted octanol–water partition coefficient (Wildman–Crippen LogP) is 2.02. The van der Waals surface area contributed by atoms with Crippen molar-refractivity contribution in [1.82, 2.24) is 15.1 Å². The van der Waals surface area contributed by atoms with E-state index in [-0.39, 0.29) is 0 Å². The summed E-state index contributed by atoms with van der Waals surface area (Å²) in [4.78, 5) is 0. The van der Waals surface area contributed by atoms with Gasteiger partial charge in [-0.25, -0.2) is 0 Å². The van der Waals surface area contributed by atoms with Crippen LogP contribution < -0.4 is 5.32 Å². The minimum absolute atomic E-state index is 0.490. The van der Waals surface area contributed by atoms with E-state index in [1.807, 2.05) is 16.9 Å². The van der Waals surface area contributed by atoms with Gasteiger partial charge in [0.25, 0.3) is 0 Å². The van der Waals surface area contributed by atoms with E-state index in [9.17, 15) is 0 Å². The molecule has 4 heteroatoms. The van der Waals surface area contributed by atoms with Gasteiger partial charge in [-0.15, -0.1) is 0 Å². The average molecular weight is 219 g/mol. The Hall–Kier alpha value is -1.55. The molecular weight excluding hydrogens is 202 g/mol. The Balaban J connectivity index is 1.92. The fourth-order valence-corrected chi connectivity index (χ4v) is 1.48. The fourth-order valence-electron chi connectivity index (χ4n) is 1.48. The van der Waals surface area contributed by atoms with Crippen LogP contribution in [0.4, 0.5) is 0 Å². The highest BCUT2D eigenvalue weighted by Gasteiger charge is 2.03. The molecule has 0 aliphatic rings. The van der Waals surface area contributed by atoms with Crippen molar-refractivity contribution in [2.75, 3.05) is 0 Å². The van der Waals surface area contributed by atoms with Crippen LogP contribution in [-0.4, -0.2) is 15.8 Å². The smallest absolute Gasteiger partial charge is 0.125 e. The molecule has 0 spiro atoms. The van der Waals surface area contributed by atoms with Crippen LogP contribution in [0.1, 0.15) is 25.2 Å². The summed E-state index contributed by atoms with van der Waals surface area (Å²) in [6, 6.07) is 4.46. The van der Waals surface area contributed by atoms with Gasteiger partial charge in [0.15, 0.2) is 0 Å². The van der Waals surface area contributed by atoms with E-state index in [0.29, 0.717) is 12.6 Å². The summed E-state index contributed by atoms with van der Waals surface area (Å²) in [5.74, 6) is 0.934. The highest BCUT2D eigenvalue weighted by molar-refractivity contribution is 5.12. The molecule has 0 fully saturated rings. The molecule has 2 heterocycles. The predicted molar refractivity (Wildman–Crippen MR) is 62.0 cm³/mol. The van der Waals surface area contributed by atoms with Crippen molar-refractivity contribution >= 4 is 0 Å². The maximum atomic E-state index is 5.47. The van der Waals surface area contributed by atoms with Gasteiger partial charge in [-0.3, -0.25) is 4.68 Å². The summed E-state index contributed by atoms with van der Waals surface area (Å²) in [5.41, 5.74) is 1.18. The van der Waals surface area contributed by atoms with Gasteiger partial charge >= 0.3 is 0 Å². The monoisotopic (exact) mass is 219 g/mol. The van der Waals surface area contributed by atoms with Gasteiger partial charge < -0.3 is 9.73 Å². The second kappa shape index (κ2) is 4.99. The highest BCUT2D eigenvalue weighted by Crippen LogP contribution is 2.09. The molecule has 0 aliphatic carbocycles. The van der Waals surface area contributed by atoms with Crippen molar-refractivity contribution in [2.24, 2.45) is 0 Å². The van der Waals surface area contributed by atoms with Gasteiger partial charge in [-0.2, -0.15) is 5.10 Å². The van der Waals surface area contributed by atoms with E-state index in [0.717, 1.165) is 12.3 Å². The quantitative estimate of drug-likeness (QED) is 0.836. The summed E-state index contributed by atoms with van der Waals surface area (Å²) in [6.45, 7) is 5.80. The van der Waals surface area contributed by atoms with Crippen molar-refractivity contribution < 1.29 is 4.42 Å².